The van der Waals surface area contributed by atoms with Crippen molar-refractivity contribution in [1.82, 2.24) is 0 Å². The van der Waals surface area contributed by atoms with Crippen LogP contribution in [0.4, 0.5) is 0 Å². The van der Waals surface area contributed by atoms with E-state index in [1.165, 1.54) is 56.7 Å². The minimum Gasteiger partial charge on any atom is -0.143 e. The fourth-order valence-electron chi connectivity index (χ4n) is 3.81. The van der Waals surface area contributed by atoms with Crippen LogP contribution >= 0.6 is 56.7 Å². The zero-order chi connectivity index (χ0) is 21.4. The second-order valence-electron chi connectivity index (χ2n) is 8.27. The summed E-state index contributed by atoms with van der Waals surface area (Å²) in [5, 5.41) is 2.15. The Kier molecular flexibility index (Phi) is 6.06. The van der Waals surface area contributed by atoms with Crippen molar-refractivity contribution in [2.24, 2.45) is 0 Å². The van der Waals surface area contributed by atoms with Crippen LogP contribution in [0, 0.1) is 0 Å². The third-order valence-electron chi connectivity index (χ3n) is 5.46. The van der Waals surface area contributed by atoms with Crippen LogP contribution in [0.1, 0.15) is 38.5 Å². The van der Waals surface area contributed by atoms with E-state index in [1.54, 1.807) is 0 Å². The van der Waals surface area contributed by atoms with Gasteiger partial charge in [0.05, 0.1) is 0 Å². The molecule has 0 N–H and O–H groups in total. The SMILES string of the molecule is CCCC(C)(C)c1ccc(-c2ccc(-c3ccc(-c4ccc(-c5cccs5)s4)s3)s2)s1. The molecule has 0 fully saturated rings. The third kappa shape index (κ3) is 4.39. The van der Waals surface area contributed by atoms with E-state index in [0.717, 1.165) is 0 Å². The van der Waals surface area contributed by atoms with Gasteiger partial charge in [0.15, 0.2) is 0 Å². The van der Waals surface area contributed by atoms with Gasteiger partial charge in [-0.1, -0.05) is 33.3 Å². The maximum absolute atomic E-state index is 2.37. The largest absolute Gasteiger partial charge is 0.143 e. The van der Waals surface area contributed by atoms with Crippen LogP contribution in [0.3, 0.4) is 0 Å². The first-order valence-electron chi connectivity index (χ1n) is 10.5. The van der Waals surface area contributed by atoms with E-state index in [0.29, 0.717) is 0 Å². The van der Waals surface area contributed by atoms with Crippen LogP contribution in [-0.2, 0) is 5.41 Å². The van der Waals surface area contributed by atoms with Crippen molar-refractivity contribution in [2.75, 3.05) is 0 Å². The predicted molar refractivity (Wildman–Crippen MR) is 146 cm³/mol. The Bertz CT molecular complexity index is 1270. The molecule has 5 rings (SSSR count). The highest BCUT2D eigenvalue weighted by Gasteiger charge is 2.22. The smallest absolute Gasteiger partial charge is 0.0449 e. The molecule has 5 heteroatoms. The molecular weight excluding hydrogens is 473 g/mol. The second-order valence-corrected chi connectivity index (χ2v) is 13.5. The van der Waals surface area contributed by atoms with Crippen LogP contribution in [-0.4, -0.2) is 0 Å². The van der Waals surface area contributed by atoms with Gasteiger partial charge >= 0.3 is 0 Å². The summed E-state index contributed by atoms with van der Waals surface area (Å²) in [6, 6.07) is 22.6. The highest BCUT2D eigenvalue weighted by atomic mass is 32.1. The Hall–Kier alpha value is -1.50. The molecule has 0 aliphatic rings. The minimum atomic E-state index is 0.267. The van der Waals surface area contributed by atoms with Gasteiger partial charge in [-0.25, -0.2) is 0 Å². The Morgan fingerprint density at radius 2 is 1.03 bits per heavy atom. The molecule has 5 aromatic heterocycles. The third-order valence-corrected chi connectivity index (χ3v) is 11.8. The summed E-state index contributed by atoms with van der Waals surface area (Å²) in [5.41, 5.74) is 0.267. The Morgan fingerprint density at radius 1 is 0.581 bits per heavy atom. The Balaban J connectivity index is 1.37. The lowest BCUT2D eigenvalue weighted by molar-refractivity contribution is 0.482. The van der Waals surface area contributed by atoms with Gasteiger partial charge in [-0.3, -0.25) is 0 Å². The van der Waals surface area contributed by atoms with Gasteiger partial charge in [0.1, 0.15) is 0 Å². The monoisotopic (exact) mass is 496 g/mol. The summed E-state index contributed by atoms with van der Waals surface area (Å²) >= 11 is 9.48. The fourth-order valence-corrected chi connectivity index (χ4v) is 9.07. The first-order chi connectivity index (χ1) is 15.0. The second kappa shape index (κ2) is 8.80. The number of hydrogen-bond acceptors (Lipinski definition) is 5. The predicted octanol–water partition coefficient (Wildman–Crippen LogP) is 10.7. The maximum atomic E-state index is 2.37. The molecule has 0 bridgehead atoms. The van der Waals surface area contributed by atoms with E-state index in [4.69, 9.17) is 0 Å². The van der Waals surface area contributed by atoms with Gasteiger partial charge < -0.3 is 0 Å². The van der Waals surface area contributed by atoms with Crippen molar-refractivity contribution in [1.29, 1.82) is 0 Å². The van der Waals surface area contributed by atoms with Crippen molar-refractivity contribution in [3.8, 4) is 39.0 Å². The normalized spacial score (nSPS) is 12.0. The molecule has 0 nitrogen and oxygen atoms in total. The highest BCUT2D eigenvalue weighted by Crippen LogP contribution is 2.45. The Labute approximate surface area is 204 Å². The summed E-state index contributed by atoms with van der Waals surface area (Å²) in [6.45, 7) is 7.01. The molecule has 158 valence electrons. The van der Waals surface area contributed by atoms with Gasteiger partial charge in [0.25, 0.3) is 0 Å². The first-order valence-corrected chi connectivity index (χ1v) is 14.6. The lowest BCUT2D eigenvalue weighted by atomic mass is 9.86. The van der Waals surface area contributed by atoms with Crippen molar-refractivity contribution >= 4 is 56.7 Å². The van der Waals surface area contributed by atoms with Gasteiger partial charge in [0, 0.05) is 43.9 Å². The summed E-state index contributed by atoms with van der Waals surface area (Å²) in [6.07, 6.45) is 2.46. The van der Waals surface area contributed by atoms with Crippen molar-refractivity contribution in [3.05, 3.63) is 70.9 Å². The molecular formula is C26H24S5. The van der Waals surface area contributed by atoms with E-state index in [1.807, 2.05) is 56.7 Å². The molecule has 0 saturated heterocycles. The summed E-state index contributed by atoms with van der Waals surface area (Å²) in [5.74, 6) is 0. The molecule has 0 saturated carbocycles. The van der Waals surface area contributed by atoms with Gasteiger partial charge in [-0.2, -0.15) is 0 Å². The molecule has 0 aliphatic carbocycles. The van der Waals surface area contributed by atoms with Crippen molar-refractivity contribution in [2.45, 2.75) is 39.0 Å². The molecule has 0 aliphatic heterocycles. The molecule has 0 spiro atoms. The van der Waals surface area contributed by atoms with E-state index < -0.39 is 0 Å². The minimum absolute atomic E-state index is 0.267. The molecule has 0 amide bonds. The lowest BCUT2D eigenvalue weighted by Crippen LogP contribution is -2.14. The topological polar surface area (TPSA) is 0 Å². The standard InChI is InChI=1S/C26H24S5/c1-4-15-26(2,3)25-14-13-24(31-25)23-12-11-22(30-23)21-10-9-20(29-21)19-8-7-18(28-19)17-6-5-16-27-17/h5-14,16H,4,15H2,1-3H3. The van der Waals surface area contributed by atoms with Gasteiger partial charge in [-0.15, -0.1) is 56.7 Å². The number of thiophene rings is 5. The van der Waals surface area contributed by atoms with E-state index in [2.05, 4.69) is 86.8 Å². The lowest BCUT2D eigenvalue weighted by Gasteiger charge is -2.22. The van der Waals surface area contributed by atoms with Gasteiger partial charge in [-0.05, 0) is 71.8 Å². The van der Waals surface area contributed by atoms with E-state index in [-0.39, 0.29) is 5.41 Å². The summed E-state index contributed by atoms with van der Waals surface area (Å²) in [7, 11) is 0. The molecule has 5 heterocycles. The van der Waals surface area contributed by atoms with Crippen LogP contribution in [0.5, 0.6) is 0 Å². The van der Waals surface area contributed by atoms with Crippen LogP contribution in [0.25, 0.3) is 39.0 Å². The van der Waals surface area contributed by atoms with Crippen molar-refractivity contribution in [3.63, 3.8) is 0 Å². The van der Waals surface area contributed by atoms with Crippen LogP contribution < -0.4 is 0 Å². The summed E-state index contributed by atoms with van der Waals surface area (Å²) < 4.78 is 0. The molecule has 0 aromatic carbocycles. The molecule has 0 atom stereocenters. The zero-order valence-corrected chi connectivity index (χ0v) is 21.9. The Morgan fingerprint density at radius 3 is 1.48 bits per heavy atom. The quantitative estimate of drug-likeness (QED) is 0.210. The summed E-state index contributed by atoms with van der Waals surface area (Å²) in [4.78, 5) is 12.4. The van der Waals surface area contributed by atoms with E-state index >= 15 is 0 Å². The van der Waals surface area contributed by atoms with Crippen LogP contribution in [0.2, 0.25) is 0 Å². The first kappa shape index (κ1) is 21.4. The molecule has 0 unspecified atom stereocenters. The average molecular weight is 497 g/mol. The molecule has 31 heavy (non-hydrogen) atoms. The number of rotatable bonds is 7. The van der Waals surface area contributed by atoms with Crippen molar-refractivity contribution < 1.29 is 0 Å². The molecule has 5 aromatic rings. The number of hydrogen-bond donors (Lipinski definition) is 0. The van der Waals surface area contributed by atoms with E-state index in [9.17, 15) is 0 Å². The van der Waals surface area contributed by atoms with Crippen LogP contribution in [0.15, 0.2) is 66.0 Å². The average Bonchev–Trinajstić information content (AvgIpc) is 3.57. The maximum Gasteiger partial charge on any atom is 0.0449 e. The molecule has 0 radical (unpaired) electrons. The van der Waals surface area contributed by atoms with Gasteiger partial charge in [0.2, 0.25) is 0 Å². The fraction of sp³-hybridized carbons (Fsp3) is 0.231. The zero-order valence-electron chi connectivity index (χ0n) is 17.8. The highest BCUT2D eigenvalue weighted by molar-refractivity contribution is 7.29.